The normalized spacial score (nSPS) is 14.9. The lowest BCUT2D eigenvalue weighted by Crippen LogP contribution is -2.15. The summed E-state index contributed by atoms with van der Waals surface area (Å²) in [6.45, 7) is 7.75. The van der Waals surface area contributed by atoms with Crippen LogP contribution < -0.4 is 0 Å². The summed E-state index contributed by atoms with van der Waals surface area (Å²) < 4.78 is 5.42. The Morgan fingerprint density at radius 3 is 2.46 bits per heavy atom. The van der Waals surface area contributed by atoms with E-state index in [-0.39, 0.29) is 5.41 Å². The van der Waals surface area contributed by atoms with E-state index in [2.05, 4.69) is 19.9 Å². The van der Waals surface area contributed by atoms with E-state index in [1.807, 2.05) is 6.92 Å². The maximum atomic E-state index is 8.88. The fourth-order valence-electron chi connectivity index (χ4n) is 0.958. The molecule has 0 fully saturated rings. The lowest BCUT2D eigenvalue weighted by atomic mass is 9.86. The average Bonchev–Trinajstić information content (AvgIpc) is 2.17. The smallest absolute Gasteiger partial charge is 0.0687 e. The van der Waals surface area contributed by atoms with Crippen LogP contribution in [0.5, 0.6) is 0 Å². The first-order valence-electron chi connectivity index (χ1n) is 5.17. The van der Waals surface area contributed by atoms with Crippen molar-refractivity contribution in [1.29, 1.82) is 5.26 Å². The van der Waals surface area contributed by atoms with Gasteiger partial charge in [0, 0.05) is 13.2 Å². The second-order valence-electron chi connectivity index (χ2n) is 3.74. The van der Waals surface area contributed by atoms with Crippen LogP contribution >= 0.6 is 0 Å². The van der Waals surface area contributed by atoms with Crippen LogP contribution in [0.3, 0.4) is 0 Å². The Bertz CT molecular complexity index is 162. The van der Waals surface area contributed by atoms with Gasteiger partial charge in [-0.2, -0.15) is 5.26 Å². The van der Waals surface area contributed by atoms with Crippen molar-refractivity contribution in [2.45, 2.75) is 46.5 Å². The molecule has 0 aromatic carbocycles. The van der Waals surface area contributed by atoms with E-state index < -0.39 is 0 Å². The summed E-state index contributed by atoms with van der Waals surface area (Å²) in [6.07, 6.45) is 4.04. The number of ether oxygens (including phenoxy) is 1. The topological polar surface area (TPSA) is 33.0 Å². The number of rotatable bonds is 7. The Kier molecular flexibility index (Phi) is 6.62. The van der Waals surface area contributed by atoms with Crippen LogP contribution in [0.25, 0.3) is 0 Å². The average molecular weight is 183 g/mol. The summed E-state index contributed by atoms with van der Waals surface area (Å²) in [4.78, 5) is 0. The summed E-state index contributed by atoms with van der Waals surface area (Å²) >= 11 is 0. The van der Waals surface area contributed by atoms with Gasteiger partial charge in [0.05, 0.1) is 11.5 Å². The van der Waals surface area contributed by atoms with Crippen LogP contribution in [-0.2, 0) is 4.74 Å². The second-order valence-corrected chi connectivity index (χ2v) is 3.74. The number of hydrogen-bond donors (Lipinski definition) is 0. The molecule has 0 heterocycles. The zero-order valence-electron chi connectivity index (χ0n) is 9.10. The van der Waals surface area contributed by atoms with Gasteiger partial charge in [0.15, 0.2) is 0 Å². The lowest BCUT2D eigenvalue weighted by molar-refractivity contribution is 0.108. The third-order valence-electron chi connectivity index (χ3n) is 2.49. The first-order chi connectivity index (χ1) is 6.18. The van der Waals surface area contributed by atoms with Crippen molar-refractivity contribution in [1.82, 2.24) is 0 Å². The summed E-state index contributed by atoms with van der Waals surface area (Å²) in [6, 6.07) is 2.34. The molecule has 0 aliphatic carbocycles. The summed E-state index contributed by atoms with van der Waals surface area (Å²) in [7, 11) is 0. The van der Waals surface area contributed by atoms with E-state index >= 15 is 0 Å². The number of hydrogen-bond acceptors (Lipinski definition) is 2. The molecule has 0 aliphatic rings. The third kappa shape index (κ3) is 5.65. The highest BCUT2D eigenvalue weighted by Gasteiger charge is 2.20. The van der Waals surface area contributed by atoms with Crippen molar-refractivity contribution < 1.29 is 4.74 Å². The third-order valence-corrected chi connectivity index (χ3v) is 2.49. The number of nitriles is 1. The Balaban J connectivity index is 3.46. The van der Waals surface area contributed by atoms with Gasteiger partial charge in [-0.05, 0) is 26.2 Å². The van der Waals surface area contributed by atoms with Crippen LogP contribution in [0.2, 0.25) is 0 Å². The zero-order valence-corrected chi connectivity index (χ0v) is 9.10. The standard InChI is InChI=1S/C11H21NO/c1-4-6-8-13-9-7-11(3,5-2)10-12/h4-9H2,1-3H3. The van der Waals surface area contributed by atoms with Gasteiger partial charge < -0.3 is 4.74 Å². The predicted octanol–water partition coefficient (Wildman–Crippen LogP) is 3.13. The molecular weight excluding hydrogens is 162 g/mol. The first kappa shape index (κ1) is 12.4. The van der Waals surface area contributed by atoms with Gasteiger partial charge in [-0.15, -0.1) is 0 Å². The monoisotopic (exact) mass is 183 g/mol. The van der Waals surface area contributed by atoms with Gasteiger partial charge in [-0.1, -0.05) is 20.3 Å². The molecule has 1 unspecified atom stereocenters. The van der Waals surface area contributed by atoms with Gasteiger partial charge in [-0.25, -0.2) is 0 Å². The van der Waals surface area contributed by atoms with E-state index in [9.17, 15) is 0 Å². The molecule has 2 heteroatoms. The molecule has 0 N–H and O–H groups in total. The van der Waals surface area contributed by atoms with Gasteiger partial charge >= 0.3 is 0 Å². The fraction of sp³-hybridized carbons (Fsp3) is 0.909. The molecular formula is C11H21NO. The first-order valence-corrected chi connectivity index (χ1v) is 5.17. The van der Waals surface area contributed by atoms with Crippen LogP contribution in [0.15, 0.2) is 0 Å². The number of nitrogens with zero attached hydrogens (tertiary/aromatic N) is 1. The highest BCUT2D eigenvalue weighted by atomic mass is 16.5. The minimum atomic E-state index is -0.188. The van der Waals surface area contributed by atoms with Crippen LogP contribution in [0.4, 0.5) is 0 Å². The molecule has 1 atom stereocenters. The highest BCUT2D eigenvalue weighted by Crippen LogP contribution is 2.23. The molecule has 0 rings (SSSR count). The quantitative estimate of drug-likeness (QED) is 0.568. The molecule has 0 aromatic rings. The second kappa shape index (κ2) is 6.91. The van der Waals surface area contributed by atoms with Crippen molar-refractivity contribution >= 4 is 0 Å². The minimum Gasteiger partial charge on any atom is -0.381 e. The SMILES string of the molecule is CCCCOCCC(C)(C#N)CC. The zero-order chi connectivity index (χ0) is 10.2. The van der Waals surface area contributed by atoms with E-state index in [0.717, 1.165) is 32.5 Å². The molecule has 2 nitrogen and oxygen atoms in total. The number of unbranched alkanes of at least 4 members (excludes halogenated alkanes) is 1. The van der Waals surface area contributed by atoms with E-state index in [1.165, 1.54) is 6.42 Å². The van der Waals surface area contributed by atoms with E-state index in [4.69, 9.17) is 10.00 Å². The Hall–Kier alpha value is -0.550. The maximum Gasteiger partial charge on any atom is 0.0687 e. The van der Waals surface area contributed by atoms with E-state index in [1.54, 1.807) is 0 Å². The highest BCUT2D eigenvalue weighted by molar-refractivity contribution is 4.94. The molecule has 0 saturated heterocycles. The van der Waals surface area contributed by atoms with Crippen LogP contribution in [-0.4, -0.2) is 13.2 Å². The Labute approximate surface area is 81.9 Å². The van der Waals surface area contributed by atoms with E-state index in [0.29, 0.717) is 0 Å². The van der Waals surface area contributed by atoms with Gasteiger partial charge in [0.1, 0.15) is 0 Å². The van der Waals surface area contributed by atoms with Gasteiger partial charge in [0.2, 0.25) is 0 Å². The van der Waals surface area contributed by atoms with Crippen molar-refractivity contribution in [2.24, 2.45) is 5.41 Å². The fourth-order valence-corrected chi connectivity index (χ4v) is 0.958. The lowest BCUT2D eigenvalue weighted by Gasteiger charge is -2.18. The van der Waals surface area contributed by atoms with Crippen LogP contribution in [0, 0.1) is 16.7 Å². The van der Waals surface area contributed by atoms with Crippen molar-refractivity contribution in [2.75, 3.05) is 13.2 Å². The van der Waals surface area contributed by atoms with Crippen molar-refractivity contribution in [3.63, 3.8) is 0 Å². The Morgan fingerprint density at radius 1 is 1.31 bits per heavy atom. The van der Waals surface area contributed by atoms with Crippen LogP contribution in [0.1, 0.15) is 46.5 Å². The molecule has 0 bridgehead atoms. The molecule has 0 spiro atoms. The molecule has 0 saturated carbocycles. The molecule has 0 amide bonds. The Morgan fingerprint density at radius 2 is 2.00 bits per heavy atom. The summed E-state index contributed by atoms with van der Waals surface area (Å²) in [5, 5.41) is 8.88. The molecule has 0 aromatic heterocycles. The molecule has 76 valence electrons. The minimum absolute atomic E-state index is 0.188. The largest absolute Gasteiger partial charge is 0.381 e. The van der Waals surface area contributed by atoms with Crippen molar-refractivity contribution in [3.05, 3.63) is 0 Å². The summed E-state index contributed by atoms with van der Waals surface area (Å²) in [5.74, 6) is 0. The van der Waals surface area contributed by atoms with Gasteiger partial charge in [-0.3, -0.25) is 0 Å². The summed E-state index contributed by atoms with van der Waals surface area (Å²) in [5.41, 5.74) is -0.188. The maximum absolute atomic E-state index is 8.88. The molecule has 0 aliphatic heterocycles. The molecule has 13 heavy (non-hydrogen) atoms. The van der Waals surface area contributed by atoms with Crippen molar-refractivity contribution in [3.8, 4) is 6.07 Å². The predicted molar refractivity (Wildman–Crippen MR) is 54.4 cm³/mol. The molecule has 0 radical (unpaired) electrons. The van der Waals surface area contributed by atoms with Gasteiger partial charge in [0.25, 0.3) is 0 Å².